The standard InChI is InChI=1S/C9H13NO3/c11-3-1-8-5-10-9(13-8)7-2-4-12-6-7/h5,7,11H,1-4,6H2. The van der Waals surface area contributed by atoms with Crippen molar-refractivity contribution in [1.29, 1.82) is 0 Å². The van der Waals surface area contributed by atoms with Crippen LogP contribution in [0.3, 0.4) is 0 Å². The van der Waals surface area contributed by atoms with Gasteiger partial charge in [0.05, 0.1) is 25.3 Å². The van der Waals surface area contributed by atoms with Gasteiger partial charge in [-0.15, -0.1) is 0 Å². The van der Waals surface area contributed by atoms with Crippen LogP contribution in [0, 0.1) is 0 Å². The van der Waals surface area contributed by atoms with E-state index < -0.39 is 0 Å². The second-order valence-corrected chi connectivity index (χ2v) is 3.20. The lowest BCUT2D eigenvalue weighted by Crippen LogP contribution is -1.96. The molecule has 0 aliphatic carbocycles. The van der Waals surface area contributed by atoms with Crippen molar-refractivity contribution >= 4 is 0 Å². The van der Waals surface area contributed by atoms with Crippen LogP contribution in [0.1, 0.15) is 24.0 Å². The van der Waals surface area contributed by atoms with Gasteiger partial charge in [-0.3, -0.25) is 0 Å². The number of aromatic nitrogens is 1. The maximum absolute atomic E-state index is 8.68. The van der Waals surface area contributed by atoms with E-state index in [4.69, 9.17) is 14.3 Å². The normalized spacial score (nSPS) is 22.4. The molecule has 1 aromatic rings. The summed E-state index contributed by atoms with van der Waals surface area (Å²) in [5, 5.41) is 8.68. The van der Waals surface area contributed by atoms with Gasteiger partial charge in [-0.1, -0.05) is 0 Å². The Morgan fingerprint density at radius 2 is 2.54 bits per heavy atom. The maximum atomic E-state index is 8.68. The van der Waals surface area contributed by atoms with Crippen LogP contribution in [0.5, 0.6) is 0 Å². The molecular formula is C9H13NO3. The molecule has 0 bridgehead atoms. The minimum Gasteiger partial charge on any atom is -0.445 e. The number of hydrogen-bond donors (Lipinski definition) is 1. The van der Waals surface area contributed by atoms with Gasteiger partial charge < -0.3 is 14.3 Å². The maximum Gasteiger partial charge on any atom is 0.199 e. The van der Waals surface area contributed by atoms with Crippen LogP contribution >= 0.6 is 0 Å². The molecule has 4 nitrogen and oxygen atoms in total. The van der Waals surface area contributed by atoms with Gasteiger partial charge in [0, 0.05) is 13.0 Å². The van der Waals surface area contributed by atoms with E-state index in [9.17, 15) is 0 Å². The minimum atomic E-state index is 0.107. The van der Waals surface area contributed by atoms with E-state index in [0.29, 0.717) is 18.9 Å². The number of ether oxygens (including phenoxy) is 1. The molecule has 1 aromatic heterocycles. The van der Waals surface area contributed by atoms with E-state index in [1.54, 1.807) is 6.20 Å². The summed E-state index contributed by atoms with van der Waals surface area (Å²) >= 11 is 0. The summed E-state index contributed by atoms with van der Waals surface area (Å²) in [7, 11) is 0. The van der Waals surface area contributed by atoms with Crippen molar-refractivity contribution in [3.05, 3.63) is 17.8 Å². The van der Waals surface area contributed by atoms with Gasteiger partial charge in [-0.2, -0.15) is 0 Å². The van der Waals surface area contributed by atoms with Crippen LogP contribution in [0.15, 0.2) is 10.6 Å². The summed E-state index contributed by atoms with van der Waals surface area (Å²) in [4.78, 5) is 4.16. The van der Waals surface area contributed by atoms with Gasteiger partial charge in [0.15, 0.2) is 5.89 Å². The molecule has 1 unspecified atom stereocenters. The van der Waals surface area contributed by atoms with Crippen molar-refractivity contribution in [2.75, 3.05) is 19.8 Å². The molecule has 1 saturated heterocycles. The summed E-state index contributed by atoms with van der Waals surface area (Å²) in [6.07, 6.45) is 3.21. The highest BCUT2D eigenvalue weighted by Crippen LogP contribution is 2.24. The predicted molar refractivity (Wildman–Crippen MR) is 45.5 cm³/mol. The summed E-state index contributed by atoms with van der Waals surface area (Å²) < 4.78 is 10.7. The smallest absolute Gasteiger partial charge is 0.199 e. The molecule has 2 rings (SSSR count). The van der Waals surface area contributed by atoms with Gasteiger partial charge >= 0.3 is 0 Å². The minimum absolute atomic E-state index is 0.107. The molecule has 72 valence electrons. The topological polar surface area (TPSA) is 55.5 Å². The first kappa shape index (κ1) is 8.72. The van der Waals surface area contributed by atoms with Crippen LogP contribution in [-0.2, 0) is 11.2 Å². The van der Waals surface area contributed by atoms with Crippen molar-refractivity contribution < 1.29 is 14.3 Å². The third-order valence-corrected chi connectivity index (χ3v) is 2.21. The fourth-order valence-electron chi connectivity index (χ4n) is 1.47. The zero-order chi connectivity index (χ0) is 9.10. The van der Waals surface area contributed by atoms with Crippen LogP contribution in [-0.4, -0.2) is 29.9 Å². The first-order valence-corrected chi connectivity index (χ1v) is 4.53. The van der Waals surface area contributed by atoms with Crippen molar-refractivity contribution in [3.8, 4) is 0 Å². The molecule has 0 saturated carbocycles. The molecule has 0 radical (unpaired) electrons. The van der Waals surface area contributed by atoms with Gasteiger partial charge in [0.25, 0.3) is 0 Å². The molecule has 0 aromatic carbocycles. The highest BCUT2D eigenvalue weighted by atomic mass is 16.5. The van der Waals surface area contributed by atoms with Crippen LogP contribution < -0.4 is 0 Å². The Morgan fingerprint density at radius 1 is 1.62 bits per heavy atom. The molecule has 0 amide bonds. The number of aliphatic hydroxyl groups is 1. The lowest BCUT2D eigenvalue weighted by atomic mass is 10.1. The van der Waals surface area contributed by atoms with Crippen molar-refractivity contribution in [2.45, 2.75) is 18.8 Å². The van der Waals surface area contributed by atoms with E-state index in [0.717, 1.165) is 24.7 Å². The predicted octanol–water partition coefficient (Wildman–Crippen LogP) is 0.713. The summed E-state index contributed by atoms with van der Waals surface area (Å²) in [5.74, 6) is 1.82. The second kappa shape index (κ2) is 3.89. The molecule has 4 heteroatoms. The summed E-state index contributed by atoms with van der Waals surface area (Å²) in [6, 6.07) is 0. The Morgan fingerprint density at radius 3 is 3.23 bits per heavy atom. The molecule has 1 aliphatic heterocycles. The molecule has 1 aliphatic rings. The number of nitrogens with zero attached hydrogens (tertiary/aromatic N) is 1. The number of rotatable bonds is 3. The third-order valence-electron chi connectivity index (χ3n) is 2.21. The quantitative estimate of drug-likeness (QED) is 0.750. The Balaban J connectivity index is 2.03. The van der Waals surface area contributed by atoms with E-state index in [1.165, 1.54) is 0 Å². The van der Waals surface area contributed by atoms with Crippen LogP contribution in [0.4, 0.5) is 0 Å². The van der Waals surface area contributed by atoms with Gasteiger partial charge in [0.1, 0.15) is 5.76 Å². The Labute approximate surface area is 76.5 Å². The zero-order valence-electron chi connectivity index (χ0n) is 7.40. The SMILES string of the molecule is OCCc1cnc(C2CCOC2)o1. The Bertz CT molecular complexity index is 266. The largest absolute Gasteiger partial charge is 0.445 e. The molecule has 0 spiro atoms. The average molecular weight is 183 g/mol. The monoisotopic (exact) mass is 183 g/mol. The average Bonchev–Trinajstić information content (AvgIpc) is 2.70. The lowest BCUT2D eigenvalue weighted by Gasteiger charge is -1.99. The first-order valence-electron chi connectivity index (χ1n) is 4.53. The molecule has 2 heterocycles. The fourth-order valence-corrected chi connectivity index (χ4v) is 1.47. The van der Waals surface area contributed by atoms with E-state index in [-0.39, 0.29) is 6.61 Å². The van der Waals surface area contributed by atoms with E-state index >= 15 is 0 Å². The molecule has 13 heavy (non-hydrogen) atoms. The van der Waals surface area contributed by atoms with Crippen molar-refractivity contribution in [2.24, 2.45) is 0 Å². The number of hydrogen-bond acceptors (Lipinski definition) is 4. The first-order chi connectivity index (χ1) is 6.40. The van der Waals surface area contributed by atoms with E-state index in [1.807, 2.05) is 0 Å². The summed E-state index contributed by atoms with van der Waals surface area (Å²) in [6.45, 7) is 1.61. The van der Waals surface area contributed by atoms with E-state index in [2.05, 4.69) is 4.98 Å². The molecular weight excluding hydrogens is 170 g/mol. The van der Waals surface area contributed by atoms with Crippen LogP contribution in [0.25, 0.3) is 0 Å². The highest BCUT2D eigenvalue weighted by Gasteiger charge is 2.22. The molecule has 1 atom stereocenters. The highest BCUT2D eigenvalue weighted by molar-refractivity contribution is 5.00. The van der Waals surface area contributed by atoms with Crippen molar-refractivity contribution in [1.82, 2.24) is 4.98 Å². The van der Waals surface area contributed by atoms with Gasteiger partial charge in [-0.25, -0.2) is 4.98 Å². The fraction of sp³-hybridized carbons (Fsp3) is 0.667. The molecule has 1 N–H and O–H groups in total. The van der Waals surface area contributed by atoms with Crippen molar-refractivity contribution in [3.63, 3.8) is 0 Å². The Hall–Kier alpha value is -0.870. The zero-order valence-corrected chi connectivity index (χ0v) is 7.40. The summed E-state index contributed by atoms with van der Waals surface area (Å²) in [5.41, 5.74) is 0. The van der Waals surface area contributed by atoms with Gasteiger partial charge in [-0.05, 0) is 6.42 Å². The number of oxazole rings is 1. The van der Waals surface area contributed by atoms with Gasteiger partial charge in [0.2, 0.25) is 0 Å². The van der Waals surface area contributed by atoms with Crippen LogP contribution in [0.2, 0.25) is 0 Å². The Kier molecular flexibility index (Phi) is 2.61. The third kappa shape index (κ3) is 1.89. The lowest BCUT2D eigenvalue weighted by molar-refractivity contribution is 0.190. The molecule has 1 fully saturated rings. The number of aliphatic hydroxyl groups excluding tert-OH is 1. The second-order valence-electron chi connectivity index (χ2n) is 3.20.